The Labute approximate surface area is 176 Å². The number of anilines is 1. The summed E-state index contributed by atoms with van der Waals surface area (Å²) in [5, 5.41) is 1.32. The van der Waals surface area contributed by atoms with Gasteiger partial charge in [-0.25, -0.2) is 9.37 Å². The highest BCUT2D eigenvalue weighted by atomic mass is 35.5. The maximum Gasteiger partial charge on any atom is 0.205 e. The quantitative estimate of drug-likeness (QED) is 0.384. The van der Waals surface area contributed by atoms with Crippen LogP contribution in [0.15, 0.2) is 54.6 Å². The first kappa shape index (κ1) is 18.3. The molecule has 2 aromatic heterocycles. The van der Waals surface area contributed by atoms with Gasteiger partial charge >= 0.3 is 0 Å². The predicted octanol–water partition coefficient (Wildman–Crippen LogP) is 6.45. The van der Waals surface area contributed by atoms with Crippen LogP contribution in [0.4, 0.5) is 10.1 Å². The number of halogens is 2. The van der Waals surface area contributed by atoms with Crippen molar-refractivity contribution in [3.8, 4) is 11.1 Å². The number of ketones is 1. The van der Waals surface area contributed by atoms with E-state index in [4.69, 9.17) is 22.3 Å². The van der Waals surface area contributed by atoms with Crippen LogP contribution in [0.25, 0.3) is 21.3 Å². The van der Waals surface area contributed by atoms with E-state index in [1.807, 2.05) is 6.07 Å². The van der Waals surface area contributed by atoms with E-state index in [0.717, 1.165) is 39.9 Å². The Bertz CT molecular complexity index is 1240. The van der Waals surface area contributed by atoms with Crippen LogP contribution >= 0.6 is 22.9 Å². The van der Waals surface area contributed by atoms with Crippen LogP contribution < -0.4 is 5.73 Å². The summed E-state index contributed by atoms with van der Waals surface area (Å²) in [5.74, 6) is -0.00380. The number of carbonyl (C=O) groups is 1. The zero-order valence-corrected chi connectivity index (χ0v) is 16.9. The Balaban J connectivity index is 1.71. The largest absolute Gasteiger partial charge is 0.397 e. The van der Waals surface area contributed by atoms with Crippen LogP contribution in [0, 0.1) is 5.82 Å². The topological polar surface area (TPSA) is 56.0 Å². The fourth-order valence-electron chi connectivity index (χ4n) is 3.49. The van der Waals surface area contributed by atoms with Gasteiger partial charge in [0.05, 0.1) is 5.69 Å². The van der Waals surface area contributed by atoms with Gasteiger partial charge in [0.1, 0.15) is 15.5 Å². The molecule has 0 atom stereocenters. The molecule has 0 bridgehead atoms. The fourth-order valence-corrected chi connectivity index (χ4v) is 4.70. The molecule has 1 aliphatic rings. The van der Waals surface area contributed by atoms with Crippen LogP contribution in [0.3, 0.4) is 0 Å². The number of rotatable bonds is 4. The fraction of sp³-hybridized carbons (Fsp3) is 0.130. The lowest BCUT2D eigenvalue weighted by molar-refractivity contribution is 0.104. The highest BCUT2D eigenvalue weighted by Crippen LogP contribution is 2.45. The molecule has 1 saturated carbocycles. The van der Waals surface area contributed by atoms with Crippen molar-refractivity contribution in [2.24, 2.45) is 0 Å². The Morgan fingerprint density at radius 2 is 1.79 bits per heavy atom. The van der Waals surface area contributed by atoms with Crippen molar-refractivity contribution in [2.45, 2.75) is 18.8 Å². The summed E-state index contributed by atoms with van der Waals surface area (Å²) in [5.41, 5.74) is 10.2. The molecule has 5 rings (SSSR count). The van der Waals surface area contributed by atoms with Crippen molar-refractivity contribution in [1.82, 2.24) is 4.98 Å². The first-order chi connectivity index (χ1) is 14.0. The average Bonchev–Trinajstić information content (AvgIpc) is 3.52. The molecular weight excluding hydrogens is 407 g/mol. The summed E-state index contributed by atoms with van der Waals surface area (Å²) in [6, 6.07) is 15.1. The molecule has 29 heavy (non-hydrogen) atoms. The van der Waals surface area contributed by atoms with Gasteiger partial charge in [0.25, 0.3) is 0 Å². The van der Waals surface area contributed by atoms with E-state index in [1.54, 1.807) is 36.4 Å². The number of benzene rings is 2. The van der Waals surface area contributed by atoms with Crippen LogP contribution in [-0.2, 0) is 0 Å². The van der Waals surface area contributed by atoms with Crippen LogP contribution in [0.5, 0.6) is 0 Å². The second-order valence-corrected chi connectivity index (χ2v) is 8.67. The molecule has 1 aliphatic carbocycles. The SMILES string of the molecule is Nc1c(C(=O)c2ccc(Cl)cc2)sc2nc(C3CC3)cc(-c3ccc(F)cc3)c12. The molecule has 144 valence electrons. The number of hydrogen-bond donors (Lipinski definition) is 1. The van der Waals surface area contributed by atoms with Gasteiger partial charge in [0.15, 0.2) is 0 Å². The van der Waals surface area contributed by atoms with Gasteiger partial charge in [-0.15, -0.1) is 11.3 Å². The Morgan fingerprint density at radius 1 is 1.10 bits per heavy atom. The van der Waals surface area contributed by atoms with Crippen molar-refractivity contribution in [3.63, 3.8) is 0 Å². The van der Waals surface area contributed by atoms with Crippen LogP contribution in [-0.4, -0.2) is 10.8 Å². The number of thiophene rings is 1. The lowest BCUT2D eigenvalue weighted by Crippen LogP contribution is -2.02. The van der Waals surface area contributed by atoms with Crippen LogP contribution in [0.2, 0.25) is 5.02 Å². The Hall–Kier alpha value is -2.76. The van der Waals surface area contributed by atoms with E-state index in [0.29, 0.717) is 27.1 Å². The van der Waals surface area contributed by atoms with E-state index >= 15 is 0 Å². The van der Waals surface area contributed by atoms with Crippen molar-refractivity contribution < 1.29 is 9.18 Å². The monoisotopic (exact) mass is 422 g/mol. The number of nitrogen functional groups attached to an aromatic ring is 1. The molecule has 2 heterocycles. The third kappa shape index (κ3) is 3.30. The zero-order valence-electron chi connectivity index (χ0n) is 15.3. The number of hydrogen-bond acceptors (Lipinski definition) is 4. The zero-order chi connectivity index (χ0) is 20.1. The van der Waals surface area contributed by atoms with E-state index < -0.39 is 0 Å². The molecule has 2 N–H and O–H groups in total. The Kier molecular flexibility index (Phi) is 4.37. The number of aromatic nitrogens is 1. The van der Waals surface area contributed by atoms with Crippen LogP contribution in [0.1, 0.15) is 39.7 Å². The third-order valence-corrected chi connectivity index (χ3v) is 6.53. The minimum Gasteiger partial charge on any atom is -0.397 e. The first-order valence-corrected chi connectivity index (χ1v) is 10.5. The second kappa shape index (κ2) is 6.94. The lowest BCUT2D eigenvalue weighted by atomic mass is 9.99. The number of nitrogens with two attached hydrogens (primary N) is 1. The van der Waals surface area contributed by atoms with Crippen molar-refractivity contribution in [3.05, 3.63) is 81.6 Å². The van der Waals surface area contributed by atoms with E-state index in [9.17, 15) is 9.18 Å². The van der Waals surface area contributed by atoms with E-state index in [2.05, 4.69) is 0 Å². The van der Waals surface area contributed by atoms with Gasteiger partial charge in [0.2, 0.25) is 5.78 Å². The summed E-state index contributed by atoms with van der Waals surface area (Å²) in [6.07, 6.45) is 2.22. The summed E-state index contributed by atoms with van der Waals surface area (Å²) in [7, 11) is 0. The summed E-state index contributed by atoms with van der Waals surface area (Å²) >= 11 is 7.25. The molecule has 4 aromatic rings. The molecular formula is C23H16ClFN2OS. The maximum atomic E-state index is 13.5. The standard InChI is InChI=1S/C23H16ClFN2OS/c24-15-7-3-14(4-8-15)21(28)22-20(26)19-17(12-5-9-16(25)10-6-12)11-18(13-1-2-13)27-23(19)29-22/h3-11,13H,1-2,26H2. The molecule has 0 spiro atoms. The maximum absolute atomic E-state index is 13.5. The molecule has 3 nitrogen and oxygen atoms in total. The normalized spacial score (nSPS) is 13.7. The van der Waals surface area contributed by atoms with Gasteiger partial charge < -0.3 is 5.73 Å². The smallest absolute Gasteiger partial charge is 0.205 e. The van der Waals surface area contributed by atoms with Crippen molar-refractivity contribution in [1.29, 1.82) is 0 Å². The first-order valence-electron chi connectivity index (χ1n) is 9.30. The molecule has 0 unspecified atom stereocenters. The molecule has 0 radical (unpaired) electrons. The van der Waals surface area contributed by atoms with E-state index in [-0.39, 0.29) is 11.6 Å². The highest BCUT2D eigenvalue weighted by Gasteiger charge is 2.28. The minimum atomic E-state index is -0.293. The number of carbonyl (C=O) groups excluding carboxylic acids is 1. The Morgan fingerprint density at radius 3 is 2.45 bits per heavy atom. The van der Waals surface area contributed by atoms with Gasteiger partial charge in [0, 0.05) is 27.6 Å². The summed E-state index contributed by atoms with van der Waals surface area (Å²) in [6.45, 7) is 0. The van der Waals surface area contributed by atoms with Gasteiger partial charge in [-0.05, 0) is 66.4 Å². The molecule has 0 saturated heterocycles. The molecule has 0 aliphatic heterocycles. The average molecular weight is 423 g/mol. The van der Waals surface area contributed by atoms with Gasteiger partial charge in [-0.2, -0.15) is 0 Å². The number of nitrogens with zero attached hydrogens (tertiary/aromatic N) is 1. The second-order valence-electron chi connectivity index (χ2n) is 7.24. The van der Waals surface area contributed by atoms with Gasteiger partial charge in [-0.3, -0.25) is 4.79 Å². The minimum absolute atomic E-state index is 0.153. The summed E-state index contributed by atoms with van der Waals surface area (Å²) in [4.78, 5) is 19.1. The van der Waals surface area contributed by atoms with Gasteiger partial charge in [-0.1, -0.05) is 23.7 Å². The molecule has 2 aromatic carbocycles. The molecule has 6 heteroatoms. The molecule has 1 fully saturated rings. The lowest BCUT2D eigenvalue weighted by Gasteiger charge is -2.08. The van der Waals surface area contributed by atoms with Crippen molar-refractivity contribution >= 4 is 44.6 Å². The highest BCUT2D eigenvalue weighted by molar-refractivity contribution is 7.21. The third-order valence-electron chi connectivity index (χ3n) is 5.18. The van der Waals surface area contributed by atoms with Crippen molar-refractivity contribution in [2.75, 3.05) is 5.73 Å². The number of fused-ring (bicyclic) bond motifs is 1. The predicted molar refractivity (Wildman–Crippen MR) is 116 cm³/mol. The number of pyridine rings is 1. The molecule has 0 amide bonds. The summed E-state index contributed by atoms with van der Waals surface area (Å²) < 4.78 is 13.5. The van der Waals surface area contributed by atoms with E-state index in [1.165, 1.54) is 23.5 Å².